The van der Waals surface area contributed by atoms with Crippen molar-refractivity contribution in [1.29, 1.82) is 0 Å². The summed E-state index contributed by atoms with van der Waals surface area (Å²) in [4.78, 5) is 11.5. The Balaban J connectivity index is 2.57. The van der Waals surface area contributed by atoms with Gasteiger partial charge in [-0.15, -0.1) is 11.6 Å². The topological polar surface area (TPSA) is 63.2 Å². The molecule has 0 unspecified atom stereocenters. The number of nitrogens with one attached hydrogen (secondary N) is 1. The highest BCUT2D eigenvalue weighted by Crippen LogP contribution is 2.18. The van der Waals surface area contributed by atoms with Crippen LogP contribution in [0.3, 0.4) is 0 Å². The molecule has 1 N–H and O–H groups in total. The molecular weight excluding hydrogens is 238 g/mol. The van der Waals surface area contributed by atoms with Gasteiger partial charge in [0, 0.05) is 5.92 Å². The van der Waals surface area contributed by atoms with E-state index in [1.54, 1.807) is 0 Å². The second-order valence-corrected chi connectivity index (χ2v) is 6.73. The number of amides is 1. The first-order valence-corrected chi connectivity index (χ1v) is 7.26. The highest BCUT2D eigenvalue weighted by molar-refractivity contribution is 7.91. The molecule has 0 aromatic carbocycles. The van der Waals surface area contributed by atoms with E-state index < -0.39 is 21.3 Å². The lowest BCUT2D eigenvalue weighted by Crippen LogP contribution is -2.42. The Morgan fingerprint density at radius 1 is 1.53 bits per heavy atom. The van der Waals surface area contributed by atoms with Crippen LogP contribution >= 0.6 is 11.6 Å². The van der Waals surface area contributed by atoms with Gasteiger partial charge in [-0.25, -0.2) is 8.42 Å². The fourth-order valence-electron chi connectivity index (χ4n) is 1.45. The van der Waals surface area contributed by atoms with Gasteiger partial charge in [0.25, 0.3) is 0 Å². The Labute approximate surface area is 95.3 Å². The lowest BCUT2D eigenvalue weighted by Gasteiger charge is -2.17. The summed E-state index contributed by atoms with van der Waals surface area (Å²) in [6.45, 7) is 3.72. The Bertz CT molecular complexity index is 341. The number of carbonyl (C=O) groups is 1. The minimum absolute atomic E-state index is 0.0384. The minimum Gasteiger partial charge on any atom is -0.351 e. The molecule has 0 bridgehead atoms. The van der Waals surface area contributed by atoms with Crippen LogP contribution in [0.1, 0.15) is 20.3 Å². The molecule has 1 fully saturated rings. The van der Waals surface area contributed by atoms with E-state index in [1.807, 2.05) is 13.8 Å². The second-order valence-electron chi connectivity index (χ2n) is 4.02. The summed E-state index contributed by atoms with van der Waals surface area (Å²) in [7, 11) is -3.07. The Kier molecular flexibility index (Phi) is 4.00. The summed E-state index contributed by atoms with van der Waals surface area (Å²) in [5, 5.41) is 2.19. The van der Waals surface area contributed by atoms with Crippen LogP contribution in [0.2, 0.25) is 0 Å². The molecule has 6 heteroatoms. The van der Waals surface area contributed by atoms with Gasteiger partial charge < -0.3 is 5.32 Å². The SMILES string of the molecule is CC[C@H](C)C(=O)N[C@@H]1CS(=O)(=O)C[C@@H]1Cl. The van der Waals surface area contributed by atoms with Gasteiger partial charge in [0.2, 0.25) is 5.91 Å². The van der Waals surface area contributed by atoms with E-state index in [1.165, 1.54) is 0 Å². The van der Waals surface area contributed by atoms with Gasteiger partial charge in [-0.2, -0.15) is 0 Å². The van der Waals surface area contributed by atoms with E-state index in [-0.39, 0.29) is 23.3 Å². The highest BCUT2D eigenvalue weighted by Gasteiger charge is 2.37. The molecule has 1 aliphatic heterocycles. The lowest BCUT2D eigenvalue weighted by atomic mass is 10.1. The Hall–Kier alpha value is -0.290. The number of hydrogen-bond donors (Lipinski definition) is 1. The van der Waals surface area contributed by atoms with Gasteiger partial charge in [-0.1, -0.05) is 13.8 Å². The van der Waals surface area contributed by atoms with E-state index in [0.717, 1.165) is 6.42 Å². The first kappa shape index (κ1) is 12.8. The lowest BCUT2D eigenvalue weighted by molar-refractivity contribution is -0.125. The van der Waals surface area contributed by atoms with E-state index in [9.17, 15) is 13.2 Å². The minimum atomic E-state index is -3.07. The standard InChI is InChI=1S/C9H16ClNO3S/c1-3-6(2)9(12)11-8-5-15(13,14)4-7(8)10/h6-8H,3-5H2,1-2H3,(H,11,12)/t6-,7-,8+/m0/s1. The summed E-state index contributed by atoms with van der Waals surface area (Å²) in [6, 6.07) is -0.432. The number of alkyl halides is 1. The maximum atomic E-state index is 11.5. The van der Waals surface area contributed by atoms with Crippen molar-refractivity contribution in [3.8, 4) is 0 Å². The number of hydrogen-bond acceptors (Lipinski definition) is 3. The third-order valence-corrected chi connectivity index (χ3v) is 5.05. The molecule has 0 spiro atoms. The Morgan fingerprint density at radius 3 is 2.53 bits per heavy atom. The largest absolute Gasteiger partial charge is 0.351 e. The van der Waals surface area contributed by atoms with Crippen LogP contribution in [0.4, 0.5) is 0 Å². The van der Waals surface area contributed by atoms with Crippen LogP contribution < -0.4 is 5.32 Å². The molecule has 0 aromatic heterocycles. The molecule has 0 saturated carbocycles. The van der Waals surface area contributed by atoms with Crippen molar-refractivity contribution >= 4 is 27.3 Å². The predicted octanol–water partition coefficient (Wildman–Crippen LogP) is 0.553. The molecule has 0 aromatic rings. The second kappa shape index (κ2) is 4.70. The first-order valence-electron chi connectivity index (χ1n) is 5.00. The fourth-order valence-corrected chi connectivity index (χ4v) is 4.00. The van der Waals surface area contributed by atoms with Gasteiger partial charge in [0.1, 0.15) is 0 Å². The molecule has 1 aliphatic rings. The van der Waals surface area contributed by atoms with Crippen molar-refractivity contribution in [2.45, 2.75) is 31.7 Å². The molecule has 88 valence electrons. The van der Waals surface area contributed by atoms with Crippen LogP contribution in [0.5, 0.6) is 0 Å². The van der Waals surface area contributed by atoms with Crippen molar-refractivity contribution in [2.24, 2.45) is 5.92 Å². The first-order chi connectivity index (χ1) is 6.85. The van der Waals surface area contributed by atoms with Crippen LogP contribution in [-0.4, -0.2) is 37.2 Å². The van der Waals surface area contributed by atoms with Crippen molar-refractivity contribution in [3.63, 3.8) is 0 Å². The maximum Gasteiger partial charge on any atom is 0.223 e. The number of rotatable bonds is 3. The third kappa shape index (κ3) is 3.34. The molecule has 3 atom stereocenters. The van der Waals surface area contributed by atoms with Gasteiger partial charge in [0.15, 0.2) is 9.84 Å². The van der Waals surface area contributed by atoms with Crippen LogP contribution in [0.15, 0.2) is 0 Å². The van der Waals surface area contributed by atoms with Gasteiger partial charge in [-0.3, -0.25) is 4.79 Å². The van der Waals surface area contributed by atoms with Gasteiger partial charge >= 0.3 is 0 Å². The summed E-state index contributed by atoms with van der Waals surface area (Å²) in [5.41, 5.74) is 0. The van der Waals surface area contributed by atoms with Crippen molar-refractivity contribution < 1.29 is 13.2 Å². The van der Waals surface area contributed by atoms with Gasteiger partial charge in [-0.05, 0) is 6.42 Å². The van der Waals surface area contributed by atoms with Crippen molar-refractivity contribution in [2.75, 3.05) is 11.5 Å². The smallest absolute Gasteiger partial charge is 0.223 e. The van der Waals surface area contributed by atoms with Crippen molar-refractivity contribution in [1.82, 2.24) is 5.32 Å². The number of halogens is 1. The normalized spacial score (nSPS) is 31.1. The average molecular weight is 254 g/mol. The summed E-state index contributed by atoms with van der Waals surface area (Å²) < 4.78 is 22.5. The predicted molar refractivity (Wildman–Crippen MR) is 59.7 cm³/mol. The number of sulfone groups is 1. The summed E-state index contributed by atoms with van der Waals surface area (Å²) in [5.74, 6) is -0.300. The zero-order chi connectivity index (χ0) is 11.6. The molecule has 4 nitrogen and oxygen atoms in total. The van der Waals surface area contributed by atoms with Crippen LogP contribution in [0, 0.1) is 5.92 Å². The van der Waals surface area contributed by atoms with E-state index in [2.05, 4.69) is 5.32 Å². The summed E-state index contributed by atoms with van der Waals surface area (Å²) in [6.07, 6.45) is 0.734. The zero-order valence-electron chi connectivity index (χ0n) is 8.86. The molecular formula is C9H16ClNO3S. The van der Waals surface area contributed by atoms with Crippen LogP contribution in [-0.2, 0) is 14.6 Å². The Morgan fingerprint density at radius 2 is 2.13 bits per heavy atom. The maximum absolute atomic E-state index is 11.5. The monoisotopic (exact) mass is 253 g/mol. The van der Waals surface area contributed by atoms with Crippen molar-refractivity contribution in [3.05, 3.63) is 0 Å². The highest BCUT2D eigenvalue weighted by atomic mass is 35.5. The molecule has 0 radical (unpaired) electrons. The average Bonchev–Trinajstić information content (AvgIpc) is 2.38. The molecule has 0 aliphatic carbocycles. The fraction of sp³-hybridized carbons (Fsp3) is 0.889. The molecule has 15 heavy (non-hydrogen) atoms. The van der Waals surface area contributed by atoms with Gasteiger partial charge in [0.05, 0.1) is 22.9 Å². The summed E-state index contributed by atoms with van der Waals surface area (Å²) >= 11 is 5.86. The molecule has 1 saturated heterocycles. The van der Waals surface area contributed by atoms with E-state index in [4.69, 9.17) is 11.6 Å². The van der Waals surface area contributed by atoms with Crippen LogP contribution in [0.25, 0.3) is 0 Å². The zero-order valence-corrected chi connectivity index (χ0v) is 10.4. The molecule has 1 amide bonds. The van der Waals surface area contributed by atoms with E-state index in [0.29, 0.717) is 0 Å². The third-order valence-electron chi connectivity index (χ3n) is 2.67. The van der Waals surface area contributed by atoms with E-state index >= 15 is 0 Å². The number of carbonyl (C=O) groups excluding carboxylic acids is 1. The molecule has 1 heterocycles. The molecule has 1 rings (SSSR count). The quantitative estimate of drug-likeness (QED) is 0.748.